The van der Waals surface area contributed by atoms with E-state index in [1.807, 2.05) is 0 Å². The molecule has 0 spiro atoms. The number of unbranched alkanes of at least 4 members (excludes halogenated alkanes) is 19. The van der Waals surface area contributed by atoms with Gasteiger partial charge in [0, 0.05) is 0 Å². The summed E-state index contributed by atoms with van der Waals surface area (Å²) >= 11 is 0. The van der Waals surface area contributed by atoms with Crippen LogP contribution in [-0.4, -0.2) is 51.2 Å². The van der Waals surface area contributed by atoms with Crippen LogP contribution in [-0.2, 0) is 14.3 Å². The first-order chi connectivity index (χ1) is 19.3. The lowest BCUT2D eigenvalue weighted by atomic mass is 10.1. The minimum atomic E-state index is -4.05. The molecule has 1 unspecified atom stereocenters. The quantitative estimate of drug-likeness (QED) is 0.0491. The number of alkyl halides is 1. The van der Waals surface area contributed by atoms with Crippen molar-refractivity contribution in [3.63, 3.8) is 0 Å². The lowest BCUT2D eigenvalue weighted by Gasteiger charge is -2.34. The third-order valence-corrected chi connectivity index (χ3v) is 10.1. The van der Waals surface area contributed by atoms with Gasteiger partial charge in [0.1, 0.15) is 0 Å². The third-order valence-electron chi connectivity index (χ3n) is 8.78. The Bertz CT molecular complexity index is 578. The summed E-state index contributed by atoms with van der Waals surface area (Å²) in [5.74, 6) is 0. The largest absolute Gasteiger partial charge is 0.325 e. The highest BCUT2D eigenvalue weighted by Gasteiger charge is 2.25. The van der Waals surface area contributed by atoms with Crippen molar-refractivity contribution in [1.29, 1.82) is 0 Å². The average Bonchev–Trinajstić information content (AvgIpc) is 2.96. The highest BCUT2D eigenvalue weighted by Crippen LogP contribution is 2.18. The van der Waals surface area contributed by atoms with E-state index in [4.69, 9.17) is 4.18 Å². The van der Waals surface area contributed by atoms with Crippen molar-refractivity contribution in [3.8, 4) is 0 Å². The number of hydrogen-bond donors (Lipinski definition) is 0. The maximum atomic E-state index is 14.0. The number of hydrogen-bond acceptors (Lipinski definition) is 3. The molecule has 0 aliphatic heterocycles. The van der Waals surface area contributed by atoms with Gasteiger partial charge in [-0.25, -0.2) is 4.39 Å². The predicted octanol–water partition coefficient (Wildman–Crippen LogP) is 11.1. The normalized spacial score (nSPS) is 12.8. The summed E-state index contributed by atoms with van der Waals surface area (Å²) in [6.45, 7) is 18.8. The lowest BCUT2D eigenvalue weighted by Crippen LogP contribution is -2.47. The molecular formula is C34H73FNO3S+. The van der Waals surface area contributed by atoms with Gasteiger partial charge in [-0.15, -0.1) is 0 Å². The first kappa shape index (κ1) is 41.9. The van der Waals surface area contributed by atoms with Crippen LogP contribution in [0.2, 0.25) is 0 Å². The van der Waals surface area contributed by atoms with Gasteiger partial charge in [0.15, 0.2) is 0 Å². The molecule has 4 nitrogen and oxygen atoms in total. The summed E-state index contributed by atoms with van der Waals surface area (Å²) in [5.41, 5.74) is -1.87. The van der Waals surface area contributed by atoms with Crippen LogP contribution in [0.15, 0.2) is 0 Å². The molecule has 0 fully saturated rings. The molecule has 0 saturated heterocycles. The van der Waals surface area contributed by atoms with Gasteiger partial charge in [-0.2, -0.15) is 8.42 Å². The molecule has 0 bridgehead atoms. The van der Waals surface area contributed by atoms with Gasteiger partial charge in [-0.3, -0.25) is 4.18 Å². The van der Waals surface area contributed by atoms with E-state index in [9.17, 15) is 12.8 Å². The van der Waals surface area contributed by atoms with E-state index in [0.717, 1.165) is 25.7 Å². The summed E-state index contributed by atoms with van der Waals surface area (Å²) in [6, 6.07) is 0. The smallest absolute Gasteiger partial charge is 0.299 e. The maximum absolute atomic E-state index is 14.0. The van der Waals surface area contributed by atoms with E-state index >= 15 is 0 Å². The molecular weight excluding hydrogens is 521 g/mol. The lowest BCUT2D eigenvalue weighted by molar-refractivity contribution is -0.921. The van der Waals surface area contributed by atoms with Gasteiger partial charge in [-0.1, -0.05) is 136 Å². The third kappa shape index (κ3) is 25.5. The Balaban J connectivity index is 0. The molecule has 0 amide bonds. The Morgan fingerprint density at radius 1 is 0.500 bits per heavy atom. The summed E-state index contributed by atoms with van der Waals surface area (Å²) in [7, 11) is -4.05. The van der Waals surface area contributed by atoms with Crippen molar-refractivity contribution in [2.75, 3.05) is 32.8 Å². The van der Waals surface area contributed by atoms with Crippen LogP contribution >= 0.6 is 0 Å². The Labute approximate surface area is 252 Å². The molecule has 0 saturated carbocycles. The van der Waals surface area contributed by atoms with Crippen LogP contribution in [0.1, 0.15) is 183 Å². The van der Waals surface area contributed by atoms with Gasteiger partial charge >= 0.3 is 0 Å². The second-order valence-electron chi connectivity index (χ2n) is 11.8. The van der Waals surface area contributed by atoms with E-state index in [1.54, 1.807) is 0 Å². The van der Waals surface area contributed by atoms with Crippen LogP contribution in [0.5, 0.6) is 0 Å². The SMILES string of the molecule is CCCCCCCCCCCCCCOS(=O)(=O)C(F)CCCCCCCCCCC.CC[N+](CC)(CC)CC. The van der Waals surface area contributed by atoms with Gasteiger partial charge in [-0.05, 0) is 47.0 Å². The van der Waals surface area contributed by atoms with Crippen LogP contribution in [0.3, 0.4) is 0 Å². The van der Waals surface area contributed by atoms with E-state index < -0.39 is 15.6 Å². The number of halogens is 1. The van der Waals surface area contributed by atoms with Gasteiger partial charge in [0.2, 0.25) is 5.50 Å². The van der Waals surface area contributed by atoms with Crippen LogP contribution < -0.4 is 0 Å². The molecule has 244 valence electrons. The minimum Gasteiger partial charge on any atom is -0.325 e. The Kier molecular flexibility index (Phi) is 31.7. The van der Waals surface area contributed by atoms with Crippen molar-refractivity contribution in [2.45, 2.75) is 188 Å². The topological polar surface area (TPSA) is 43.4 Å². The van der Waals surface area contributed by atoms with Crippen molar-refractivity contribution < 1.29 is 21.5 Å². The van der Waals surface area contributed by atoms with Gasteiger partial charge in [0.25, 0.3) is 10.1 Å². The van der Waals surface area contributed by atoms with E-state index in [-0.39, 0.29) is 13.0 Å². The summed E-state index contributed by atoms with van der Waals surface area (Å²) in [6.07, 6.45) is 24.8. The Morgan fingerprint density at radius 2 is 0.800 bits per heavy atom. The fraction of sp³-hybridized carbons (Fsp3) is 1.00. The van der Waals surface area contributed by atoms with Crippen molar-refractivity contribution in [3.05, 3.63) is 0 Å². The monoisotopic (exact) mass is 595 g/mol. The summed E-state index contributed by atoms with van der Waals surface area (Å²) in [4.78, 5) is 0. The first-order valence-corrected chi connectivity index (χ1v) is 19.1. The Hall–Kier alpha value is -0.200. The molecule has 0 aliphatic carbocycles. The van der Waals surface area contributed by atoms with Crippen LogP contribution in [0, 0.1) is 0 Å². The van der Waals surface area contributed by atoms with Crippen molar-refractivity contribution in [1.82, 2.24) is 0 Å². The molecule has 40 heavy (non-hydrogen) atoms. The molecule has 0 N–H and O–H groups in total. The zero-order valence-electron chi connectivity index (χ0n) is 28.1. The van der Waals surface area contributed by atoms with E-state index in [2.05, 4.69) is 41.5 Å². The predicted molar refractivity (Wildman–Crippen MR) is 175 cm³/mol. The highest BCUT2D eigenvalue weighted by molar-refractivity contribution is 7.87. The Morgan fingerprint density at radius 3 is 1.10 bits per heavy atom. The minimum absolute atomic E-state index is 0.0661. The average molecular weight is 595 g/mol. The van der Waals surface area contributed by atoms with Crippen molar-refractivity contribution >= 4 is 10.1 Å². The van der Waals surface area contributed by atoms with Gasteiger partial charge < -0.3 is 4.48 Å². The zero-order valence-corrected chi connectivity index (χ0v) is 28.9. The van der Waals surface area contributed by atoms with Crippen molar-refractivity contribution in [2.24, 2.45) is 0 Å². The number of nitrogens with zero attached hydrogens (tertiary/aromatic N) is 1. The fourth-order valence-corrected chi connectivity index (χ4v) is 6.25. The summed E-state index contributed by atoms with van der Waals surface area (Å²) in [5, 5.41) is 0. The fourth-order valence-electron chi connectivity index (χ4n) is 5.29. The molecule has 6 heteroatoms. The number of rotatable bonds is 29. The summed E-state index contributed by atoms with van der Waals surface area (Å²) < 4.78 is 44.0. The van der Waals surface area contributed by atoms with Crippen LogP contribution in [0.4, 0.5) is 4.39 Å². The standard InChI is InChI=1S/C26H53FO3S.C8H20N/c1-3-5-7-9-11-13-14-15-17-19-21-23-25-30-31(28,29)26(27)24-22-20-18-16-12-10-8-6-4-2;1-5-9(6-2,7-3)8-4/h26H,3-25H2,1-2H3;5-8H2,1-4H3/q;+1. The first-order valence-electron chi connectivity index (χ1n) is 17.7. The van der Waals surface area contributed by atoms with Gasteiger partial charge in [0.05, 0.1) is 32.8 Å². The second-order valence-corrected chi connectivity index (χ2v) is 13.6. The van der Waals surface area contributed by atoms with E-state index in [1.165, 1.54) is 127 Å². The molecule has 0 heterocycles. The molecule has 1 atom stereocenters. The zero-order chi connectivity index (χ0) is 30.4. The molecule has 0 aliphatic rings. The van der Waals surface area contributed by atoms with E-state index in [0.29, 0.717) is 12.8 Å². The second kappa shape index (κ2) is 30.3. The number of quaternary nitrogens is 1. The highest BCUT2D eigenvalue weighted by atomic mass is 32.2. The molecule has 0 aromatic rings. The maximum Gasteiger partial charge on any atom is 0.299 e. The molecule has 0 rings (SSSR count). The molecule has 0 aromatic carbocycles. The van der Waals surface area contributed by atoms with Crippen LogP contribution in [0.25, 0.3) is 0 Å². The molecule has 0 radical (unpaired) electrons. The molecule has 0 aromatic heterocycles.